The predicted molar refractivity (Wildman–Crippen MR) is 82.8 cm³/mol. The summed E-state index contributed by atoms with van der Waals surface area (Å²) in [5.74, 6) is 0.507. The summed E-state index contributed by atoms with van der Waals surface area (Å²) in [5.41, 5.74) is 8.99. The van der Waals surface area contributed by atoms with Gasteiger partial charge in [-0.05, 0) is 43.2 Å². The summed E-state index contributed by atoms with van der Waals surface area (Å²) in [6, 6.07) is 10.5. The highest BCUT2D eigenvalue weighted by atomic mass is 35.5. The van der Waals surface area contributed by atoms with Crippen LogP contribution in [-0.2, 0) is 0 Å². The van der Waals surface area contributed by atoms with E-state index in [2.05, 4.69) is 9.55 Å². The summed E-state index contributed by atoms with van der Waals surface area (Å²) < 4.78 is 15.7. The zero-order valence-electron chi connectivity index (χ0n) is 11.2. The van der Waals surface area contributed by atoms with Crippen LogP contribution in [0.25, 0.3) is 22.4 Å². The van der Waals surface area contributed by atoms with E-state index in [1.165, 1.54) is 12.1 Å². The number of halogens is 2. The summed E-state index contributed by atoms with van der Waals surface area (Å²) in [4.78, 5) is 4.64. The van der Waals surface area contributed by atoms with Gasteiger partial charge in [0.2, 0.25) is 0 Å². The first-order valence-electron chi connectivity index (χ1n) is 6.87. The van der Waals surface area contributed by atoms with Crippen LogP contribution in [0.2, 0.25) is 5.02 Å². The van der Waals surface area contributed by atoms with Gasteiger partial charge in [0, 0.05) is 11.6 Å². The van der Waals surface area contributed by atoms with Gasteiger partial charge in [-0.2, -0.15) is 0 Å². The van der Waals surface area contributed by atoms with Crippen LogP contribution >= 0.6 is 11.6 Å². The summed E-state index contributed by atoms with van der Waals surface area (Å²) in [6.07, 6.45) is 2.16. The lowest BCUT2D eigenvalue weighted by atomic mass is 10.1. The molecule has 3 aromatic rings. The number of rotatable bonds is 2. The molecule has 5 heteroatoms. The molecular weight excluding hydrogens is 289 g/mol. The van der Waals surface area contributed by atoms with Gasteiger partial charge in [-0.25, -0.2) is 9.37 Å². The Morgan fingerprint density at radius 1 is 1.24 bits per heavy atom. The largest absolute Gasteiger partial charge is 0.397 e. The van der Waals surface area contributed by atoms with Crippen LogP contribution in [0.4, 0.5) is 10.1 Å². The van der Waals surface area contributed by atoms with Gasteiger partial charge in [-0.1, -0.05) is 17.7 Å². The lowest BCUT2D eigenvalue weighted by molar-refractivity contribution is 0.628. The fourth-order valence-corrected chi connectivity index (χ4v) is 2.87. The molecule has 0 radical (unpaired) electrons. The Balaban J connectivity index is 2.04. The molecule has 0 bridgehead atoms. The van der Waals surface area contributed by atoms with Crippen molar-refractivity contribution in [3.8, 4) is 11.4 Å². The van der Waals surface area contributed by atoms with Crippen LogP contribution in [0.1, 0.15) is 18.9 Å². The molecule has 0 spiro atoms. The molecule has 106 valence electrons. The van der Waals surface area contributed by atoms with Crippen LogP contribution < -0.4 is 5.73 Å². The number of imidazole rings is 1. The molecule has 1 heterocycles. The van der Waals surface area contributed by atoms with Crippen molar-refractivity contribution in [2.45, 2.75) is 18.9 Å². The Morgan fingerprint density at radius 3 is 2.81 bits per heavy atom. The van der Waals surface area contributed by atoms with Crippen molar-refractivity contribution in [2.24, 2.45) is 0 Å². The van der Waals surface area contributed by atoms with Gasteiger partial charge in [-0.3, -0.25) is 0 Å². The Bertz CT molecular complexity index is 852. The normalized spacial score (nSPS) is 14.8. The molecule has 0 amide bonds. The molecular formula is C16H13ClFN3. The maximum atomic E-state index is 13.6. The molecule has 2 aromatic carbocycles. The molecule has 0 saturated heterocycles. The second-order valence-corrected chi connectivity index (χ2v) is 5.78. The van der Waals surface area contributed by atoms with Gasteiger partial charge in [0.15, 0.2) is 0 Å². The number of nitrogen functional groups attached to an aromatic ring is 1. The van der Waals surface area contributed by atoms with Crippen molar-refractivity contribution in [2.75, 3.05) is 5.73 Å². The fourth-order valence-electron chi connectivity index (χ4n) is 2.69. The van der Waals surface area contributed by atoms with E-state index < -0.39 is 0 Å². The molecule has 2 N–H and O–H groups in total. The highest BCUT2D eigenvalue weighted by Gasteiger charge is 2.29. The number of hydrogen-bond acceptors (Lipinski definition) is 2. The summed E-state index contributed by atoms with van der Waals surface area (Å²) >= 11 is 6.11. The summed E-state index contributed by atoms with van der Waals surface area (Å²) in [6.45, 7) is 0. The molecule has 0 atom stereocenters. The first kappa shape index (κ1) is 12.7. The van der Waals surface area contributed by atoms with Crippen molar-refractivity contribution < 1.29 is 4.39 Å². The van der Waals surface area contributed by atoms with Gasteiger partial charge >= 0.3 is 0 Å². The lowest BCUT2D eigenvalue weighted by Crippen LogP contribution is -2.00. The maximum Gasteiger partial charge on any atom is 0.143 e. The number of nitrogens with zero attached hydrogens (tertiary/aromatic N) is 2. The standard InChI is InChI=1S/C16H13ClFN3/c17-12-3-1-2-11(15(12)19)16-20-13-7-4-9(18)8-14(13)21(16)10-5-6-10/h1-4,7-8,10H,5-6,19H2. The predicted octanol–water partition coefficient (Wildman–Crippen LogP) is 4.41. The molecule has 3 nitrogen and oxygen atoms in total. The Morgan fingerprint density at radius 2 is 2.05 bits per heavy atom. The highest BCUT2D eigenvalue weighted by Crippen LogP contribution is 2.43. The fraction of sp³-hybridized carbons (Fsp3) is 0.188. The van der Waals surface area contributed by atoms with Crippen LogP contribution in [-0.4, -0.2) is 9.55 Å². The van der Waals surface area contributed by atoms with Crippen LogP contribution in [0.15, 0.2) is 36.4 Å². The van der Waals surface area contributed by atoms with Crippen LogP contribution in [0.5, 0.6) is 0 Å². The number of anilines is 1. The summed E-state index contributed by atoms with van der Waals surface area (Å²) in [7, 11) is 0. The van der Waals surface area contributed by atoms with Gasteiger partial charge < -0.3 is 10.3 Å². The van der Waals surface area contributed by atoms with Gasteiger partial charge in [0.25, 0.3) is 0 Å². The molecule has 4 rings (SSSR count). The highest BCUT2D eigenvalue weighted by molar-refractivity contribution is 6.33. The number of hydrogen-bond donors (Lipinski definition) is 1. The monoisotopic (exact) mass is 301 g/mol. The first-order valence-corrected chi connectivity index (χ1v) is 7.25. The molecule has 0 aliphatic heterocycles. The minimum atomic E-state index is -0.255. The molecule has 1 saturated carbocycles. The third-order valence-corrected chi connectivity index (χ3v) is 4.19. The molecule has 0 unspecified atom stereocenters. The number of para-hydroxylation sites is 1. The minimum absolute atomic E-state index is 0.255. The first-order chi connectivity index (χ1) is 10.1. The third-order valence-electron chi connectivity index (χ3n) is 3.86. The average molecular weight is 302 g/mol. The molecule has 1 aliphatic rings. The number of benzene rings is 2. The lowest BCUT2D eigenvalue weighted by Gasteiger charge is -2.10. The zero-order chi connectivity index (χ0) is 14.6. The van der Waals surface area contributed by atoms with Gasteiger partial charge in [-0.15, -0.1) is 0 Å². The van der Waals surface area contributed by atoms with Crippen LogP contribution in [0.3, 0.4) is 0 Å². The van der Waals surface area contributed by atoms with E-state index in [-0.39, 0.29) is 5.82 Å². The Kier molecular flexibility index (Phi) is 2.69. The number of nitrogens with two attached hydrogens (primary N) is 1. The van der Waals surface area contributed by atoms with Crippen molar-refractivity contribution in [1.29, 1.82) is 0 Å². The van der Waals surface area contributed by atoms with Crippen molar-refractivity contribution in [1.82, 2.24) is 9.55 Å². The van der Waals surface area contributed by atoms with E-state index >= 15 is 0 Å². The topological polar surface area (TPSA) is 43.8 Å². The van der Waals surface area contributed by atoms with Crippen molar-refractivity contribution in [3.63, 3.8) is 0 Å². The third kappa shape index (κ3) is 1.98. The van der Waals surface area contributed by atoms with E-state index in [0.717, 1.165) is 35.3 Å². The van der Waals surface area contributed by atoms with Crippen molar-refractivity contribution >= 4 is 28.3 Å². The number of aromatic nitrogens is 2. The van der Waals surface area contributed by atoms with Crippen LogP contribution in [0, 0.1) is 5.82 Å². The van der Waals surface area contributed by atoms with Gasteiger partial charge in [0.1, 0.15) is 11.6 Å². The summed E-state index contributed by atoms with van der Waals surface area (Å²) in [5, 5.41) is 0.507. The van der Waals surface area contributed by atoms with E-state index in [9.17, 15) is 4.39 Å². The quantitative estimate of drug-likeness (QED) is 0.712. The van der Waals surface area contributed by atoms with E-state index in [1.807, 2.05) is 12.1 Å². The zero-order valence-corrected chi connectivity index (χ0v) is 11.9. The second-order valence-electron chi connectivity index (χ2n) is 5.37. The Labute approximate surface area is 126 Å². The molecule has 1 fully saturated rings. The SMILES string of the molecule is Nc1c(Cl)cccc1-c1nc2ccc(F)cc2n1C1CC1. The Hall–Kier alpha value is -2.07. The van der Waals surface area contributed by atoms with Gasteiger partial charge in [0.05, 0.1) is 21.7 Å². The molecule has 1 aromatic heterocycles. The van der Waals surface area contributed by atoms with E-state index in [4.69, 9.17) is 17.3 Å². The number of fused-ring (bicyclic) bond motifs is 1. The molecule has 1 aliphatic carbocycles. The smallest absolute Gasteiger partial charge is 0.143 e. The van der Waals surface area contributed by atoms with E-state index in [0.29, 0.717) is 16.8 Å². The average Bonchev–Trinajstić information content (AvgIpc) is 3.23. The minimum Gasteiger partial charge on any atom is -0.397 e. The van der Waals surface area contributed by atoms with E-state index in [1.54, 1.807) is 12.1 Å². The van der Waals surface area contributed by atoms with Crippen molar-refractivity contribution in [3.05, 3.63) is 47.2 Å². The molecule has 21 heavy (non-hydrogen) atoms. The second kappa shape index (κ2) is 4.46. The maximum absolute atomic E-state index is 13.6.